The van der Waals surface area contributed by atoms with Crippen LogP contribution < -0.4 is 10.2 Å². The molecule has 1 amide bonds. The van der Waals surface area contributed by atoms with Gasteiger partial charge in [-0.2, -0.15) is 0 Å². The maximum absolute atomic E-state index is 13.1. The van der Waals surface area contributed by atoms with Crippen molar-refractivity contribution < 1.29 is 9.18 Å². The van der Waals surface area contributed by atoms with E-state index >= 15 is 0 Å². The molecular weight excluding hydrogens is 403 g/mol. The Balaban J connectivity index is 1.30. The first kappa shape index (κ1) is 20.3. The van der Waals surface area contributed by atoms with Crippen LogP contribution in [0.3, 0.4) is 0 Å². The van der Waals surface area contributed by atoms with E-state index in [0.29, 0.717) is 17.3 Å². The second-order valence-electron chi connectivity index (χ2n) is 7.35. The van der Waals surface area contributed by atoms with Gasteiger partial charge in [-0.3, -0.25) is 4.79 Å². The second kappa shape index (κ2) is 9.22. The predicted octanol–water partition coefficient (Wildman–Crippen LogP) is 4.47. The van der Waals surface area contributed by atoms with E-state index < -0.39 is 0 Å². The lowest BCUT2D eigenvalue weighted by Crippen LogP contribution is -2.40. The summed E-state index contributed by atoms with van der Waals surface area (Å²) in [6.07, 6.45) is 1.52. The fraction of sp³-hybridized carbons (Fsp3) is 0.261. The molecule has 2 heterocycles. The van der Waals surface area contributed by atoms with Crippen LogP contribution in [0, 0.1) is 11.7 Å². The fourth-order valence-electron chi connectivity index (χ4n) is 3.61. The Morgan fingerprint density at radius 3 is 2.43 bits per heavy atom. The van der Waals surface area contributed by atoms with Crippen molar-refractivity contribution in [3.05, 3.63) is 77.1 Å². The van der Waals surface area contributed by atoms with Crippen LogP contribution in [0.15, 0.2) is 60.7 Å². The number of hydrogen-bond donors (Lipinski definition) is 1. The number of rotatable bonds is 5. The van der Waals surface area contributed by atoms with Gasteiger partial charge in [0.05, 0.1) is 5.69 Å². The van der Waals surface area contributed by atoms with Crippen molar-refractivity contribution in [3.8, 4) is 11.3 Å². The van der Waals surface area contributed by atoms with Crippen LogP contribution in [-0.4, -0.2) is 29.2 Å². The second-order valence-corrected chi connectivity index (χ2v) is 7.76. The first-order valence-electron chi connectivity index (χ1n) is 9.96. The Labute approximate surface area is 179 Å². The number of carbonyl (C=O) groups excluding carboxylic acids is 1. The average molecular weight is 425 g/mol. The van der Waals surface area contributed by atoms with E-state index in [4.69, 9.17) is 11.6 Å². The van der Waals surface area contributed by atoms with Gasteiger partial charge in [0.15, 0.2) is 5.82 Å². The zero-order chi connectivity index (χ0) is 20.9. The van der Waals surface area contributed by atoms with E-state index in [-0.39, 0.29) is 17.6 Å². The summed E-state index contributed by atoms with van der Waals surface area (Å²) in [5.74, 6) is 0.556. The van der Waals surface area contributed by atoms with Crippen molar-refractivity contribution in [3.63, 3.8) is 0 Å². The van der Waals surface area contributed by atoms with E-state index in [1.165, 1.54) is 12.1 Å². The Morgan fingerprint density at radius 1 is 1.03 bits per heavy atom. The number of anilines is 1. The standard InChI is InChI=1S/C23H22ClFN4O/c24-20-4-2-1-3-18(20)15-26-23(30)17-11-13-29(14-12-17)22-10-9-21(27-28-22)16-5-7-19(25)8-6-16/h1-10,17H,11-15H2,(H,26,30). The molecule has 1 N–H and O–H groups in total. The molecular formula is C23H22ClFN4O. The zero-order valence-corrected chi connectivity index (χ0v) is 17.1. The number of nitrogens with one attached hydrogen (secondary N) is 1. The number of piperidine rings is 1. The summed E-state index contributed by atoms with van der Waals surface area (Å²) in [7, 11) is 0. The van der Waals surface area contributed by atoms with Gasteiger partial charge in [0.2, 0.25) is 5.91 Å². The molecule has 4 rings (SSSR count). The van der Waals surface area contributed by atoms with Crippen molar-refractivity contribution in [1.29, 1.82) is 0 Å². The van der Waals surface area contributed by atoms with Crippen LogP contribution in [0.4, 0.5) is 10.2 Å². The van der Waals surface area contributed by atoms with Crippen LogP contribution in [-0.2, 0) is 11.3 Å². The van der Waals surface area contributed by atoms with Crippen LogP contribution >= 0.6 is 11.6 Å². The van der Waals surface area contributed by atoms with Gasteiger partial charge in [0.25, 0.3) is 0 Å². The highest BCUT2D eigenvalue weighted by Gasteiger charge is 2.25. The monoisotopic (exact) mass is 424 g/mol. The molecule has 0 atom stereocenters. The first-order chi connectivity index (χ1) is 14.6. The summed E-state index contributed by atoms with van der Waals surface area (Å²) in [5, 5.41) is 12.3. The third-order valence-electron chi connectivity index (χ3n) is 5.39. The van der Waals surface area contributed by atoms with Gasteiger partial charge < -0.3 is 10.2 Å². The fourth-order valence-corrected chi connectivity index (χ4v) is 3.81. The summed E-state index contributed by atoms with van der Waals surface area (Å²) in [6, 6.07) is 17.5. The molecule has 1 aliphatic rings. The summed E-state index contributed by atoms with van der Waals surface area (Å²) < 4.78 is 13.1. The highest BCUT2D eigenvalue weighted by atomic mass is 35.5. The Hall–Kier alpha value is -2.99. The van der Waals surface area contributed by atoms with E-state index in [9.17, 15) is 9.18 Å². The number of nitrogens with zero attached hydrogens (tertiary/aromatic N) is 3. The van der Waals surface area contributed by atoms with Crippen molar-refractivity contribution in [2.75, 3.05) is 18.0 Å². The molecule has 1 aliphatic heterocycles. The Kier molecular flexibility index (Phi) is 6.23. The summed E-state index contributed by atoms with van der Waals surface area (Å²) in [6.45, 7) is 1.93. The normalized spacial score (nSPS) is 14.5. The molecule has 0 radical (unpaired) electrons. The number of aromatic nitrogens is 2. The van der Waals surface area contributed by atoms with Crippen molar-refractivity contribution in [2.24, 2.45) is 5.92 Å². The lowest BCUT2D eigenvalue weighted by molar-refractivity contribution is -0.125. The van der Waals surface area contributed by atoms with Gasteiger partial charge in [-0.05, 0) is 60.9 Å². The smallest absolute Gasteiger partial charge is 0.223 e. The molecule has 5 nitrogen and oxygen atoms in total. The van der Waals surface area contributed by atoms with Gasteiger partial charge >= 0.3 is 0 Å². The maximum Gasteiger partial charge on any atom is 0.223 e. The number of halogens is 2. The van der Waals surface area contributed by atoms with Crippen molar-refractivity contribution in [2.45, 2.75) is 19.4 Å². The zero-order valence-electron chi connectivity index (χ0n) is 16.4. The molecule has 1 saturated heterocycles. The average Bonchev–Trinajstić information content (AvgIpc) is 2.79. The topological polar surface area (TPSA) is 58.1 Å². The van der Waals surface area contributed by atoms with E-state index in [1.54, 1.807) is 12.1 Å². The number of amides is 1. The molecule has 0 saturated carbocycles. The summed E-state index contributed by atoms with van der Waals surface area (Å²) in [4.78, 5) is 14.7. The SMILES string of the molecule is O=C(NCc1ccccc1Cl)C1CCN(c2ccc(-c3ccc(F)cc3)nn2)CC1. The number of carbonyl (C=O) groups is 1. The van der Waals surface area contributed by atoms with Gasteiger partial charge in [-0.25, -0.2) is 4.39 Å². The van der Waals surface area contributed by atoms with E-state index in [0.717, 1.165) is 42.9 Å². The maximum atomic E-state index is 13.1. The molecule has 1 fully saturated rings. The molecule has 154 valence electrons. The quantitative estimate of drug-likeness (QED) is 0.656. The minimum atomic E-state index is -0.276. The molecule has 0 bridgehead atoms. The lowest BCUT2D eigenvalue weighted by atomic mass is 9.96. The third-order valence-corrected chi connectivity index (χ3v) is 5.76. The van der Waals surface area contributed by atoms with E-state index in [2.05, 4.69) is 20.4 Å². The highest BCUT2D eigenvalue weighted by Crippen LogP contribution is 2.24. The Morgan fingerprint density at radius 2 is 1.77 bits per heavy atom. The highest BCUT2D eigenvalue weighted by molar-refractivity contribution is 6.31. The lowest BCUT2D eigenvalue weighted by Gasteiger charge is -2.31. The summed E-state index contributed by atoms with van der Waals surface area (Å²) >= 11 is 6.15. The predicted molar refractivity (Wildman–Crippen MR) is 116 cm³/mol. The number of hydrogen-bond acceptors (Lipinski definition) is 4. The van der Waals surface area contributed by atoms with Gasteiger partial charge in [0.1, 0.15) is 5.82 Å². The van der Waals surface area contributed by atoms with Crippen LogP contribution in [0.25, 0.3) is 11.3 Å². The van der Waals surface area contributed by atoms with E-state index in [1.807, 2.05) is 36.4 Å². The number of benzene rings is 2. The third kappa shape index (κ3) is 4.76. The molecule has 0 aliphatic carbocycles. The Bertz CT molecular complexity index is 1000. The molecule has 1 aromatic heterocycles. The van der Waals surface area contributed by atoms with Gasteiger partial charge in [-0.1, -0.05) is 29.8 Å². The molecule has 3 aromatic rings. The molecule has 0 spiro atoms. The minimum absolute atomic E-state index is 0.0183. The first-order valence-corrected chi connectivity index (χ1v) is 10.3. The van der Waals surface area contributed by atoms with Crippen LogP contribution in [0.2, 0.25) is 5.02 Å². The molecule has 0 unspecified atom stereocenters. The molecule has 7 heteroatoms. The molecule has 30 heavy (non-hydrogen) atoms. The van der Waals surface area contributed by atoms with Crippen LogP contribution in [0.1, 0.15) is 18.4 Å². The van der Waals surface area contributed by atoms with Crippen molar-refractivity contribution in [1.82, 2.24) is 15.5 Å². The van der Waals surface area contributed by atoms with Gasteiger partial charge in [0, 0.05) is 36.1 Å². The van der Waals surface area contributed by atoms with Crippen molar-refractivity contribution >= 4 is 23.3 Å². The minimum Gasteiger partial charge on any atom is -0.355 e. The largest absolute Gasteiger partial charge is 0.355 e. The van der Waals surface area contributed by atoms with Crippen LogP contribution in [0.5, 0.6) is 0 Å². The summed E-state index contributed by atoms with van der Waals surface area (Å²) in [5.41, 5.74) is 2.44. The van der Waals surface area contributed by atoms with Gasteiger partial charge in [-0.15, -0.1) is 10.2 Å². The molecule has 2 aromatic carbocycles.